The van der Waals surface area contributed by atoms with Gasteiger partial charge in [0.1, 0.15) is 0 Å². The largest absolute Gasteiger partial charge is 0.371 e. The number of nitrogens with one attached hydrogen (secondary N) is 1. The van der Waals surface area contributed by atoms with Crippen LogP contribution in [0.5, 0.6) is 0 Å². The van der Waals surface area contributed by atoms with Crippen LogP contribution >= 0.6 is 0 Å². The maximum absolute atomic E-state index is 4.08. The number of anilines is 1. The highest BCUT2D eigenvalue weighted by atomic mass is 15.1. The predicted molar refractivity (Wildman–Crippen MR) is 99.6 cm³/mol. The molecule has 0 bridgehead atoms. The molecule has 3 nitrogen and oxygen atoms in total. The van der Waals surface area contributed by atoms with Gasteiger partial charge in [-0.1, -0.05) is 6.07 Å². The minimum atomic E-state index is 0.664. The summed E-state index contributed by atoms with van der Waals surface area (Å²) >= 11 is 0. The number of rotatable bonds is 5. The molecule has 0 radical (unpaired) electrons. The predicted octanol–water partition coefficient (Wildman–Crippen LogP) is 3.37. The summed E-state index contributed by atoms with van der Waals surface area (Å²) in [6.07, 6.45) is 11.2. The number of pyridine rings is 1. The van der Waals surface area contributed by atoms with E-state index in [2.05, 4.69) is 45.5 Å². The third-order valence-corrected chi connectivity index (χ3v) is 5.54. The molecule has 0 spiro atoms. The van der Waals surface area contributed by atoms with E-state index in [0.29, 0.717) is 6.04 Å². The van der Waals surface area contributed by atoms with Crippen molar-refractivity contribution in [2.45, 2.75) is 44.6 Å². The van der Waals surface area contributed by atoms with E-state index in [1.54, 1.807) is 11.1 Å². The number of aryl methyl sites for hydroxylation is 2. The fourth-order valence-corrected chi connectivity index (χ4v) is 4.07. The number of hydrogen-bond donors (Lipinski definition) is 1. The SMILES string of the molecule is c1cc(CCNC2CCN(c3ccc4c(c3)CCC4)CC2)ccn1. The van der Waals surface area contributed by atoms with E-state index in [4.69, 9.17) is 0 Å². The van der Waals surface area contributed by atoms with Crippen LogP contribution in [-0.2, 0) is 19.3 Å². The van der Waals surface area contributed by atoms with Gasteiger partial charge in [0.25, 0.3) is 0 Å². The number of aromatic nitrogens is 1. The lowest BCUT2D eigenvalue weighted by Gasteiger charge is -2.34. The summed E-state index contributed by atoms with van der Waals surface area (Å²) in [5.41, 5.74) is 5.97. The second kappa shape index (κ2) is 7.35. The van der Waals surface area contributed by atoms with E-state index in [1.807, 2.05) is 12.4 Å². The van der Waals surface area contributed by atoms with Crippen molar-refractivity contribution in [3.8, 4) is 0 Å². The first-order valence-electron chi connectivity index (χ1n) is 9.37. The van der Waals surface area contributed by atoms with Crippen molar-refractivity contribution in [3.05, 3.63) is 59.4 Å². The van der Waals surface area contributed by atoms with Gasteiger partial charge in [-0.05, 0) is 86.0 Å². The monoisotopic (exact) mass is 321 g/mol. The fraction of sp³-hybridized carbons (Fsp3) is 0.476. The summed E-state index contributed by atoms with van der Waals surface area (Å²) in [7, 11) is 0. The van der Waals surface area contributed by atoms with Crippen LogP contribution < -0.4 is 10.2 Å². The van der Waals surface area contributed by atoms with Crippen molar-refractivity contribution in [1.29, 1.82) is 0 Å². The molecule has 126 valence electrons. The summed E-state index contributed by atoms with van der Waals surface area (Å²) < 4.78 is 0. The second-order valence-corrected chi connectivity index (χ2v) is 7.13. The smallest absolute Gasteiger partial charge is 0.0369 e. The first-order valence-corrected chi connectivity index (χ1v) is 9.37. The molecule has 0 unspecified atom stereocenters. The third-order valence-electron chi connectivity index (χ3n) is 5.54. The highest BCUT2D eigenvalue weighted by Crippen LogP contribution is 2.28. The van der Waals surface area contributed by atoms with E-state index in [0.717, 1.165) is 13.0 Å². The Morgan fingerprint density at radius 3 is 2.62 bits per heavy atom. The Labute approximate surface area is 145 Å². The molecule has 2 aromatic rings. The Morgan fingerprint density at radius 1 is 1.00 bits per heavy atom. The van der Waals surface area contributed by atoms with Gasteiger partial charge in [0.05, 0.1) is 0 Å². The van der Waals surface area contributed by atoms with E-state index in [9.17, 15) is 0 Å². The lowest BCUT2D eigenvalue weighted by Crippen LogP contribution is -2.43. The molecule has 2 heterocycles. The summed E-state index contributed by atoms with van der Waals surface area (Å²) in [4.78, 5) is 6.65. The molecule has 24 heavy (non-hydrogen) atoms. The van der Waals surface area contributed by atoms with Crippen LogP contribution in [0, 0.1) is 0 Å². The lowest BCUT2D eigenvalue weighted by molar-refractivity contribution is 0.417. The Bertz CT molecular complexity index is 660. The maximum Gasteiger partial charge on any atom is 0.0369 e. The Hall–Kier alpha value is -1.87. The standard InChI is InChI=1S/C21H27N3/c1-2-18-4-5-21(16-19(18)3-1)24-14-9-20(10-15-24)23-13-8-17-6-11-22-12-7-17/h4-7,11-12,16,20,23H,1-3,8-10,13-15H2. The summed E-state index contributed by atoms with van der Waals surface area (Å²) in [6, 6.07) is 12.0. The number of hydrogen-bond acceptors (Lipinski definition) is 3. The Kier molecular flexibility index (Phi) is 4.79. The zero-order valence-corrected chi connectivity index (χ0v) is 14.4. The van der Waals surface area contributed by atoms with Crippen LogP contribution in [0.25, 0.3) is 0 Å². The minimum Gasteiger partial charge on any atom is -0.371 e. The minimum absolute atomic E-state index is 0.664. The van der Waals surface area contributed by atoms with E-state index < -0.39 is 0 Å². The van der Waals surface area contributed by atoms with Gasteiger partial charge >= 0.3 is 0 Å². The number of piperidine rings is 1. The molecule has 0 saturated carbocycles. The number of fused-ring (bicyclic) bond motifs is 1. The Morgan fingerprint density at radius 2 is 1.79 bits per heavy atom. The van der Waals surface area contributed by atoms with E-state index in [1.165, 1.54) is 56.4 Å². The molecule has 1 saturated heterocycles. The first-order chi connectivity index (χ1) is 11.9. The molecule has 1 N–H and O–H groups in total. The first kappa shape index (κ1) is 15.6. The van der Waals surface area contributed by atoms with Gasteiger partial charge in [-0.2, -0.15) is 0 Å². The van der Waals surface area contributed by atoms with Gasteiger partial charge < -0.3 is 10.2 Å². The van der Waals surface area contributed by atoms with Crippen LogP contribution in [0.4, 0.5) is 5.69 Å². The molecule has 1 aromatic heterocycles. The molecule has 0 amide bonds. The van der Waals surface area contributed by atoms with Gasteiger partial charge in [-0.3, -0.25) is 4.98 Å². The average molecular weight is 321 g/mol. The second-order valence-electron chi connectivity index (χ2n) is 7.13. The molecule has 4 rings (SSSR count). The van der Waals surface area contributed by atoms with Gasteiger partial charge in [-0.25, -0.2) is 0 Å². The van der Waals surface area contributed by atoms with Crippen molar-refractivity contribution < 1.29 is 0 Å². The number of benzene rings is 1. The van der Waals surface area contributed by atoms with Crippen LogP contribution in [0.2, 0.25) is 0 Å². The van der Waals surface area contributed by atoms with Crippen LogP contribution in [0.3, 0.4) is 0 Å². The van der Waals surface area contributed by atoms with Crippen molar-refractivity contribution in [3.63, 3.8) is 0 Å². The lowest BCUT2D eigenvalue weighted by atomic mass is 10.0. The highest BCUT2D eigenvalue weighted by molar-refractivity contribution is 5.52. The summed E-state index contributed by atoms with van der Waals surface area (Å²) in [6.45, 7) is 3.41. The fourth-order valence-electron chi connectivity index (χ4n) is 4.07. The zero-order chi connectivity index (χ0) is 16.2. The summed E-state index contributed by atoms with van der Waals surface area (Å²) in [5, 5.41) is 3.74. The molecular weight excluding hydrogens is 294 g/mol. The van der Waals surface area contributed by atoms with Crippen molar-refractivity contribution in [1.82, 2.24) is 10.3 Å². The van der Waals surface area contributed by atoms with Crippen LogP contribution in [0.1, 0.15) is 36.0 Å². The van der Waals surface area contributed by atoms with E-state index >= 15 is 0 Å². The van der Waals surface area contributed by atoms with Crippen molar-refractivity contribution in [2.75, 3.05) is 24.5 Å². The molecule has 0 atom stereocenters. The number of nitrogens with zero attached hydrogens (tertiary/aromatic N) is 2. The van der Waals surface area contributed by atoms with Crippen LogP contribution in [-0.4, -0.2) is 30.7 Å². The van der Waals surface area contributed by atoms with Crippen molar-refractivity contribution >= 4 is 5.69 Å². The van der Waals surface area contributed by atoms with E-state index in [-0.39, 0.29) is 0 Å². The normalized spacial score (nSPS) is 17.9. The molecule has 1 fully saturated rings. The van der Waals surface area contributed by atoms with Gasteiger partial charge in [0.2, 0.25) is 0 Å². The van der Waals surface area contributed by atoms with Crippen molar-refractivity contribution in [2.24, 2.45) is 0 Å². The molecular formula is C21H27N3. The Balaban J connectivity index is 1.25. The molecule has 1 aliphatic carbocycles. The highest BCUT2D eigenvalue weighted by Gasteiger charge is 2.20. The third kappa shape index (κ3) is 3.62. The topological polar surface area (TPSA) is 28.2 Å². The molecule has 1 aromatic carbocycles. The summed E-state index contributed by atoms with van der Waals surface area (Å²) in [5.74, 6) is 0. The zero-order valence-electron chi connectivity index (χ0n) is 14.4. The maximum atomic E-state index is 4.08. The van der Waals surface area contributed by atoms with Gasteiger partial charge in [0, 0.05) is 37.2 Å². The molecule has 1 aliphatic heterocycles. The molecule has 3 heteroatoms. The quantitative estimate of drug-likeness (QED) is 0.915. The van der Waals surface area contributed by atoms with Gasteiger partial charge in [0.15, 0.2) is 0 Å². The average Bonchev–Trinajstić information content (AvgIpc) is 3.11. The van der Waals surface area contributed by atoms with Crippen LogP contribution in [0.15, 0.2) is 42.7 Å². The molecule has 2 aliphatic rings. The van der Waals surface area contributed by atoms with Gasteiger partial charge in [-0.15, -0.1) is 0 Å².